The van der Waals surface area contributed by atoms with Gasteiger partial charge in [-0.15, -0.1) is 20.4 Å². The van der Waals surface area contributed by atoms with E-state index >= 15 is 0 Å². The van der Waals surface area contributed by atoms with Crippen molar-refractivity contribution in [3.05, 3.63) is 10.8 Å². The number of nitrogens with one attached hydrogen (secondary N) is 2. The number of aromatic nitrogens is 6. The summed E-state index contributed by atoms with van der Waals surface area (Å²) < 4.78 is 0. The number of anilines is 1. The Bertz CT molecular complexity index is 449. The Balaban J connectivity index is 1.93. The van der Waals surface area contributed by atoms with Crippen LogP contribution in [-0.4, -0.2) is 36.7 Å². The van der Waals surface area contributed by atoms with Crippen LogP contribution in [0, 0.1) is 0 Å². The van der Waals surface area contributed by atoms with Crippen molar-refractivity contribution in [3.8, 4) is 0 Å². The van der Waals surface area contributed by atoms with Crippen LogP contribution in [0.15, 0.2) is 0 Å². The van der Waals surface area contributed by atoms with Crippen molar-refractivity contribution < 1.29 is 4.79 Å². The van der Waals surface area contributed by atoms with E-state index in [1.807, 2.05) is 0 Å². The molecule has 0 bridgehead atoms. The molecule has 1 amide bonds. The van der Waals surface area contributed by atoms with E-state index in [0.29, 0.717) is 5.82 Å². The summed E-state index contributed by atoms with van der Waals surface area (Å²) in [5.41, 5.74) is 5.33. The molecule has 0 atom stereocenters. The van der Waals surface area contributed by atoms with Gasteiger partial charge in [-0.2, -0.15) is 5.21 Å². The van der Waals surface area contributed by atoms with Gasteiger partial charge in [-0.25, -0.2) is 0 Å². The van der Waals surface area contributed by atoms with Crippen LogP contribution >= 0.6 is 11.3 Å². The van der Waals surface area contributed by atoms with E-state index in [2.05, 4.69) is 36.1 Å². The van der Waals surface area contributed by atoms with Crippen LogP contribution in [0.5, 0.6) is 0 Å². The lowest BCUT2D eigenvalue weighted by Crippen LogP contribution is -2.23. The summed E-state index contributed by atoms with van der Waals surface area (Å²) in [6.45, 7) is 0.175. The van der Waals surface area contributed by atoms with Gasteiger partial charge in [0.05, 0.1) is 6.54 Å². The van der Waals surface area contributed by atoms with Gasteiger partial charge in [0, 0.05) is 0 Å². The van der Waals surface area contributed by atoms with E-state index in [-0.39, 0.29) is 22.6 Å². The van der Waals surface area contributed by atoms with Crippen molar-refractivity contribution in [2.24, 2.45) is 0 Å². The van der Waals surface area contributed by atoms with Crippen LogP contribution in [0.25, 0.3) is 0 Å². The topological polar surface area (TPSA) is 135 Å². The Hall–Kier alpha value is -2.10. The second kappa shape index (κ2) is 3.96. The van der Waals surface area contributed by atoms with E-state index < -0.39 is 0 Å². The van der Waals surface area contributed by atoms with E-state index in [0.717, 1.165) is 11.3 Å². The third kappa shape index (κ3) is 2.22. The molecular weight excluding hydrogens is 220 g/mol. The van der Waals surface area contributed by atoms with Crippen molar-refractivity contribution in [2.45, 2.75) is 6.54 Å². The predicted molar refractivity (Wildman–Crippen MR) is 49.7 cm³/mol. The van der Waals surface area contributed by atoms with Gasteiger partial charge in [0.25, 0.3) is 5.91 Å². The average molecular weight is 226 g/mol. The summed E-state index contributed by atoms with van der Waals surface area (Å²) in [5.74, 6) is 0.0230. The molecule has 0 saturated carbocycles. The zero-order valence-corrected chi connectivity index (χ0v) is 8.15. The highest BCUT2D eigenvalue weighted by atomic mass is 32.1. The maximum Gasteiger partial charge on any atom is 0.282 e. The van der Waals surface area contributed by atoms with Crippen LogP contribution < -0.4 is 11.1 Å². The number of hydrogen-bond acceptors (Lipinski definition) is 8. The molecule has 4 N–H and O–H groups in total. The van der Waals surface area contributed by atoms with Gasteiger partial charge in [0.1, 0.15) is 0 Å². The first-order valence-electron chi connectivity index (χ1n) is 3.85. The molecule has 0 aliphatic rings. The molecule has 10 heteroatoms. The van der Waals surface area contributed by atoms with Gasteiger partial charge < -0.3 is 11.1 Å². The minimum absolute atomic E-state index is 0.175. The zero-order chi connectivity index (χ0) is 10.7. The number of carbonyl (C=O) groups excluding carboxylic acids is 1. The summed E-state index contributed by atoms with van der Waals surface area (Å²) in [4.78, 5) is 11.4. The molecule has 2 rings (SSSR count). The number of rotatable bonds is 3. The molecule has 0 fully saturated rings. The van der Waals surface area contributed by atoms with Crippen LogP contribution in [0.4, 0.5) is 5.13 Å². The molecule has 0 radical (unpaired) electrons. The maximum absolute atomic E-state index is 11.4. The lowest BCUT2D eigenvalue weighted by Gasteiger charge is -1.96. The quantitative estimate of drug-likeness (QED) is 0.583. The van der Waals surface area contributed by atoms with E-state index in [9.17, 15) is 4.79 Å². The smallest absolute Gasteiger partial charge is 0.282 e. The number of carbonyl (C=O) groups is 1. The highest BCUT2D eigenvalue weighted by Crippen LogP contribution is 2.10. The molecule has 2 aromatic heterocycles. The normalized spacial score (nSPS) is 10.1. The molecule has 78 valence electrons. The molecule has 15 heavy (non-hydrogen) atoms. The monoisotopic (exact) mass is 226 g/mol. The summed E-state index contributed by atoms with van der Waals surface area (Å²) >= 11 is 1.01. The molecular formula is C5H6N8OS. The second-order valence-corrected chi connectivity index (χ2v) is 3.47. The van der Waals surface area contributed by atoms with Crippen LogP contribution in [-0.2, 0) is 6.54 Å². The molecule has 0 unspecified atom stereocenters. The van der Waals surface area contributed by atoms with Gasteiger partial charge in [-0.1, -0.05) is 16.6 Å². The molecule has 0 aromatic carbocycles. The molecule has 2 aromatic rings. The highest BCUT2D eigenvalue weighted by molar-refractivity contribution is 7.16. The summed E-state index contributed by atoms with van der Waals surface area (Å²) in [6.07, 6.45) is 0. The first-order chi connectivity index (χ1) is 7.25. The minimum Gasteiger partial charge on any atom is -0.374 e. The maximum atomic E-state index is 11.4. The summed E-state index contributed by atoms with van der Waals surface area (Å²) in [5, 5.41) is 23.0. The number of tetrazole rings is 1. The van der Waals surface area contributed by atoms with Crippen LogP contribution in [0.2, 0.25) is 0 Å². The van der Waals surface area contributed by atoms with Crippen LogP contribution in [0.3, 0.4) is 0 Å². The number of nitrogen functional groups attached to an aromatic ring is 1. The average Bonchev–Trinajstić information content (AvgIpc) is 2.84. The third-order valence-corrected chi connectivity index (χ3v) is 2.18. The predicted octanol–water partition coefficient (Wildman–Crippen LogP) is -1.44. The molecule has 0 aliphatic carbocycles. The number of aromatic amines is 1. The molecule has 2 heterocycles. The van der Waals surface area contributed by atoms with E-state index in [1.165, 1.54) is 0 Å². The summed E-state index contributed by atoms with van der Waals surface area (Å²) in [7, 11) is 0. The van der Waals surface area contributed by atoms with Gasteiger partial charge in [-0.3, -0.25) is 4.79 Å². The van der Waals surface area contributed by atoms with Gasteiger partial charge in [0.15, 0.2) is 5.82 Å². The largest absolute Gasteiger partial charge is 0.374 e. The highest BCUT2D eigenvalue weighted by Gasteiger charge is 2.11. The van der Waals surface area contributed by atoms with Crippen molar-refractivity contribution in [1.29, 1.82) is 0 Å². The van der Waals surface area contributed by atoms with Gasteiger partial charge in [0.2, 0.25) is 10.1 Å². The lowest BCUT2D eigenvalue weighted by molar-refractivity contribution is 0.0949. The minimum atomic E-state index is -0.367. The van der Waals surface area contributed by atoms with Crippen molar-refractivity contribution in [3.63, 3.8) is 0 Å². The Morgan fingerprint density at radius 2 is 2.33 bits per heavy atom. The molecule has 0 aliphatic heterocycles. The Kier molecular flexibility index (Phi) is 2.49. The fourth-order valence-electron chi connectivity index (χ4n) is 0.819. The van der Waals surface area contributed by atoms with Crippen LogP contribution in [0.1, 0.15) is 15.6 Å². The molecule has 0 saturated heterocycles. The third-order valence-electron chi connectivity index (χ3n) is 1.43. The number of hydrogen-bond donors (Lipinski definition) is 3. The number of H-pyrrole nitrogens is 1. The number of amides is 1. The van der Waals surface area contributed by atoms with Crippen molar-refractivity contribution in [1.82, 2.24) is 36.1 Å². The first-order valence-corrected chi connectivity index (χ1v) is 4.67. The molecule has 9 nitrogen and oxygen atoms in total. The standard InChI is InChI=1S/C5H6N8OS/c6-5-11-10-4(15-5)3(14)7-1-2-8-12-13-9-2/h1H2,(H2,6,11)(H,7,14)(H,8,9,12,13). The lowest BCUT2D eigenvalue weighted by atomic mass is 10.5. The van der Waals surface area contributed by atoms with E-state index in [1.54, 1.807) is 0 Å². The Morgan fingerprint density at radius 1 is 1.47 bits per heavy atom. The second-order valence-electron chi connectivity index (χ2n) is 2.46. The van der Waals surface area contributed by atoms with Gasteiger partial charge >= 0.3 is 0 Å². The van der Waals surface area contributed by atoms with E-state index in [4.69, 9.17) is 5.73 Å². The Morgan fingerprint density at radius 3 is 2.93 bits per heavy atom. The summed E-state index contributed by atoms with van der Waals surface area (Å²) in [6, 6.07) is 0. The first kappa shape index (κ1) is 9.45. The zero-order valence-electron chi connectivity index (χ0n) is 7.34. The fourth-order valence-corrected chi connectivity index (χ4v) is 1.34. The molecule has 0 spiro atoms. The number of nitrogens with two attached hydrogens (primary N) is 1. The Labute approximate surface area is 87.1 Å². The van der Waals surface area contributed by atoms with Gasteiger partial charge in [-0.05, 0) is 0 Å². The SMILES string of the molecule is Nc1nnc(C(=O)NCc2nn[nH]n2)s1. The van der Waals surface area contributed by atoms with Crippen molar-refractivity contribution >= 4 is 22.4 Å². The number of nitrogens with zero attached hydrogens (tertiary/aromatic N) is 5. The van der Waals surface area contributed by atoms with Crippen molar-refractivity contribution in [2.75, 3.05) is 5.73 Å². The fraction of sp³-hybridized carbons (Fsp3) is 0.200.